The van der Waals surface area contributed by atoms with E-state index in [1.807, 2.05) is 18.2 Å². The summed E-state index contributed by atoms with van der Waals surface area (Å²) in [6, 6.07) is 10.3. The van der Waals surface area contributed by atoms with Crippen molar-refractivity contribution >= 4 is 5.57 Å². The van der Waals surface area contributed by atoms with Crippen LogP contribution in [0.1, 0.15) is 25.3 Å². The van der Waals surface area contributed by atoms with E-state index in [-0.39, 0.29) is 0 Å². The molecule has 0 bridgehead atoms. The van der Waals surface area contributed by atoms with Crippen molar-refractivity contribution in [2.45, 2.75) is 19.8 Å². The summed E-state index contributed by atoms with van der Waals surface area (Å²) in [6.45, 7) is 6.19. The normalized spacial score (nSPS) is 10.5. The summed E-state index contributed by atoms with van der Waals surface area (Å²) < 4.78 is 0. The first-order valence-electron chi connectivity index (χ1n) is 4.72. The topological polar surface area (TPSA) is 0 Å². The van der Waals surface area contributed by atoms with Crippen molar-refractivity contribution in [3.8, 4) is 0 Å². The van der Waals surface area contributed by atoms with Crippen molar-refractivity contribution in [3.05, 3.63) is 54.6 Å². The van der Waals surface area contributed by atoms with E-state index in [1.165, 1.54) is 11.1 Å². The van der Waals surface area contributed by atoms with Gasteiger partial charge in [-0.1, -0.05) is 56.0 Å². The van der Waals surface area contributed by atoms with Gasteiger partial charge in [-0.3, -0.25) is 0 Å². The molecule has 0 radical (unpaired) electrons. The highest BCUT2D eigenvalue weighted by atomic mass is 14.0. The minimum absolute atomic E-state index is 0.956. The van der Waals surface area contributed by atoms with E-state index >= 15 is 0 Å². The lowest BCUT2D eigenvalue weighted by Gasteiger charge is -2.01. The maximum atomic E-state index is 4.05. The molecule has 1 aromatic carbocycles. The van der Waals surface area contributed by atoms with E-state index in [9.17, 15) is 0 Å². The molecule has 0 aromatic heterocycles. The Morgan fingerprint density at radius 1 is 1.23 bits per heavy atom. The molecule has 1 aromatic rings. The lowest BCUT2D eigenvalue weighted by molar-refractivity contribution is 1.20. The molecule has 0 atom stereocenters. The number of hydrogen-bond donors (Lipinski definition) is 0. The van der Waals surface area contributed by atoms with E-state index in [1.54, 1.807) is 0 Å². The number of hydrogen-bond acceptors (Lipinski definition) is 0. The van der Waals surface area contributed by atoms with Crippen LogP contribution in [0.15, 0.2) is 49.1 Å². The van der Waals surface area contributed by atoms with Gasteiger partial charge in [0.15, 0.2) is 0 Å². The second-order valence-electron chi connectivity index (χ2n) is 3.05. The Labute approximate surface area is 80.6 Å². The standard InChI is InChI=1S/C13H16/c1-3-4-6-9-12(2)13-10-7-5-8-11-13/h4-8,10-11H,2-3,9H2,1H3. The highest BCUT2D eigenvalue weighted by Crippen LogP contribution is 2.15. The molecule has 0 spiro atoms. The smallest absolute Gasteiger partial charge is 0.00974 e. The fourth-order valence-electron chi connectivity index (χ4n) is 1.18. The first kappa shape index (κ1) is 9.79. The third-order valence-electron chi connectivity index (χ3n) is 1.95. The fourth-order valence-corrected chi connectivity index (χ4v) is 1.18. The van der Waals surface area contributed by atoms with E-state index in [4.69, 9.17) is 0 Å². The van der Waals surface area contributed by atoms with Gasteiger partial charge in [-0.05, 0) is 24.0 Å². The van der Waals surface area contributed by atoms with Crippen LogP contribution in [0.25, 0.3) is 5.57 Å². The molecule has 0 saturated carbocycles. The summed E-state index contributed by atoms with van der Waals surface area (Å²) in [5, 5.41) is 0. The molecule has 0 heteroatoms. The van der Waals surface area contributed by atoms with Crippen LogP contribution in [0.2, 0.25) is 0 Å². The molecule has 0 amide bonds. The Kier molecular flexibility index (Phi) is 4.04. The van der Waals surface area contributed by atoms with Crippen molar-refractivity contribution in [1.82, 2.24) is 0 Å². The van der Waals surface area contributed by atoms with Gasteiger partial charge in [-0.15, -0.1) is 0 Å². The molecule has 0 saturated heterocycles. The van der Waals surface area contributed by atoms with Crippen molar-refractivity contribution in [3.63, 3.8) is 0 Å². The van der Waals surface area contributed by atoms with E-state index in [2.05, 4.69) is 37.8 Å². The second kappa shape index (κ2) is 5.36. The number of rotatable bonds is 4. The van der Waals surface area contributed by atoms with Gasteiger partial charge < -0.3 is 0 Å². The van der Waals surface area contributed by atoms with Crippen molar-refractivity contribution in [2.24, 2.45) is 0 Å². The SMILES string of the molecule is C=C(CC=CCC)c1ccccc1. The predicted molar refractivity (Wildman–Crippen MR) is 59.5 cm³/mol. The molecule has 0 aliphatic rings. The Morgan fingerprint density at radius 2 is 1.92 bits per heavy atom. The summed E-state index contributed by atoms with van der Waals surface area (Å²) in [6.07, 6.45) is 6.41. The zero-order chi connectivity index (χ0) is 9.52. The van der Waals surface area contributed by atoms with Crippen LogP contribution in [-0.2, 0) is 0 Å². The zero-order valence-electron chi connectivity index (χ0n) is 8.16. The molecule has 0 unspecified atom stereocenters. The second-order valence-corrected chi connectivity index (χ2v) is 3.05. The highest BCUT2D eigenvalue weighted by molar-refractivity contribution is 5.64. The summed E-state index contributed by atoms with van der Waals surface area (Å²) in [7, 11) is 0. The summed E-state index contributed by atoms with van der Waals surface area (Å²) >= 11 is 0. The average Bonchev–Trinajstić information content (AvgIpc) is 2.19. The molecule has 0 aliphatic heterocycles. The molecule has 1 rings (SSSR count). The maximum absolute atomic E-state index is 4.05. The fraction of sp³-hybridized carbons (Fsp3) is 0.231. The highest BCUT2D eigenvalue weighted by Gasteiger charge is 1.93. The van der Waals surface area contributed by atoms with Gasteiger partial charge in [0.2, 0.25) is 0 Å². The number of benzene rings is 1. The van der Waals surface area contributed by atoms with Gasteiger partial charge in [0.25, 0.3) is 0 Å². The third-order valence-corrected chi connectivity index (χ3v) is 1.95. The molecular weight excluding hydrogens is 156 g/mol. The Morgan fingerprint density at radius 3 is 2.54 bits per heavy atom. The lowest BCUT2D eigenvalue weighted by atomic mass is 10.0. The molecule has 0 N–H and O–H groups in total. The monoisotopic (exact) mass is 172 g/mol. The molecule has 13 heavy (non-hydrogen) atoms. The molecule has 68 valence electrons. The maximum Gasteiger partial charge on any atom is -0.00974 e. The van der Waals surface area contributed by atoms with Crippen LogP contribution in [0.4, 0.5) is 0 Å². The molecule has 0 aliphatic carbocycles. The predicted octanol–water partition coefficient (Wildman–Crippen LogP) is 4.06. The van der Waals surface area contributed by atoms with Crippen LogP contribution in [-0.4, -0.2) is 0 Å². The van der Waals surface area contributed by atoms with Gasteiger partial charge in [-0.2, -0.15) is 0 Å². The Bertz CT molecular complexity index is 280. The van der Waals surface area contributed by atoms with Crippen LogP contribution in [0, 0.1) is 0 Å². The third kappa shape index (κ3) is 3.29. The van der Waals surface area contributed by atoms with Crippen molar-refractivity contribution in [2.75, 3.05) is 0 Å². The van der Waals surface area contributed by atoms with E-state index in [0.717, 1.165) is 12.8 Å². The lowest BCUT2D eigenvalue weighted by Crippen LogP contribution is -1.79. The van der Waals surface area contributed by atoms with Crippen LogP contribution in [0.3, 0.4) is 0 Å². The van der Waals surface area contributed by atoms with Gasteiger partial charge in [-0.25, -0.2) is 0 Å². The van der Waals surface area contributed by atoms with E-state index < -0.39 is 0 Å². The van der Waals surface area contributed by atoms with Gasteiger partial charge in [0, 0.05) is 0 Å². The van der Waals surface area contributed by atoms with Gasteiger partial charge >= 0.3 is 0 Å². The molecular formula is C13H16. The Hall–Kier alpha value is -1.30. The average molecular weight is 172 g/mol. The minimum atomic E-state index is 0.956. The van der Waals surface area contributed by atoms with Gasteiger partial charge in [0.1, 0.15) is 0 Å². The Balaban J connectivity index is 2.54. The molecule has 0 nitrogen and oxygen atoms in total. The summed E-state index contributed by atoms with van der Waals surface area (Å²) in [4.78, 5) is 0. The largest absolute Gasteiger partial charge is 0.0949 e. The number of allylic oxidation sites excluding steroid dienone is 3. The first-order valence-corrected chi connectivity index (χ1v) is 4.72. The molecule has 0 heterocycles. The minimum Gasteiger partial charge on any atom is -0.0949 e. The van der Waals surface area contributed by atoms with Crippen molar-refractivity contribution in [1.29, 1.82) is 0 Å². The van der Waals surface area contributed by atoms with Gasteiger partial charge in [0.05, 0.1) is 0 Å². The van der Waals surface area contributed by atoms with Crippen LogP contribution in [0.5, 0.6) is 0 Å². The summed E-state index contributed by atoms with van der Waals surface area (Å²) in [5.74, 6) is 0. The summed E-state index contributed by atoms with van der Waals surface area (Å²) in [5.41, 5.74) is 2.42. The van der Waals surface area contributed by atoms with Crippen molar-refractivity contribution < 1.29 is 0 Å². The quantitative estimate of drug-likeness (QED) is 0.601. The van der Waals surface area contributed by atoms with Crippen LogP contribution >= 0.6 is 0 Å². The van der Waals surface area contributed by atoms with E-state index in [0.29, 0.717) is 0 Å². The van der Waals surface area contributed by atoms with Crippen LogP contribution < -0.4 is 0 Å². The first-order chi connectivity index (χ1) is 6.34. The zero-order valence-corrected chi connectivity index (χ0v) is 8.16. The molecule has 0 fully saturated rings.